The monoisotopic (exact) mass is 291 g/mol. The van der Waals surface area contributed by atoms with Gasteiger partial charge in [0.05, 0.1) is 0 Å². The predicted octanol–water partition coefficient (Wildman–Crippen LogP) is 2.39. The maximum atomic E-state index is 5.61. The van der Waals surface area contributed by atoms with Crippen LogP contribution in [0.2, 0.25) is 0 Å². The molecule has 0 spiro atoms. The Balaban J connectivity index is 1.67. The van der Waals surface area contributed by atoms with E-state index < -0.39 is 0 Å². The van der Waals surface area contributed by atoms with Gasteiger partial charge in [-0.15, -0.1) is 11.3 Å². The lowest BCUT2D eigenvalue weighted by Gasteiger charge is -2.37. The van der Waals surface area contributed by atoms with Gasteiger partial charge in [-0.05, 0) is 42.7 Å². The molecule has 2 aliphatic rings. The molecule has 1 saturated carbocycles. The molecule has 2 aromatic rings. The van der Waals surface area contributed by atoms with E-state index in [-0.39, 0.29) is 11.6 Å². The van der Waals surface area contributed by atoms with Crippen LogP contribution in [0.5, 0.6) is 0 Å². The minimum atomic E-state index is -0.312. The topological polar surface area (TPSA) is 60.2 Å². The van der Waals surface area contributed by atoms with Gasteiger partial charge >= 0.3 is 0 Å². The highest BCUT2D eigenvalue weighted by Crippen LogP contribution is 2.43. The van der Waals surface area contributed by atoms with Crippen molar-refractivity contribution in [3.8, 4) is 0 Å². The Morgan fingerprint density at radius 2 is 2.40 bits per heavy atom. The maximum absolute atomic E-state index is 5.61. The van der Waals surface area contributed by atoms with Crippen molar-refractivity contribution in [2.75, 3.05) is 13.7 Å². The molecule has 0 saturated heterocycles. The molecular formula is C14H17N3O2S. The van der Waals surface area contributed by atoms with Crippen LogP contribution in [0.25, 0.3) is 0 Å². The van der Waals surface area contributed by atoms with Crippen LogP contribution in [0, 0.1) is 0 Å². The molecule has 2 aromatic heterocycles. The first-order valence-electron chi connectivity index (χ1n) is 7.01. The first-order chi connectivity index (χ1) is 9.82. The number of hydrogen-bond acceptors (Lipinski definition) is 6. The van der Waals surface area contributed by atoms with Crippen LogP contribution in [-0.4, -0.2) is 23.8 Å². The number of rotatable bonds is 3. The Hall–Kier alpha value is -1.24. The Bertz CT molecular complexity index is 612. The molecule has 0 radical (unpaired) electrons. The predicted molar refractivity (Wildman–Crippen MR) is 74.7 cm³/mol. The summed E-state index contributed by atoms with van der Waals surface area (Å²) in [5, 5.41) is 9.76. The average molecular weight is 291 g/mol. The van der Waals surface area contributed by atoms with E-state index in [1.54, 1.807) is 18.4 Å². The molecule has 1 aliphatic carbocycles. The quantitative estimate of drug-likeness (QED) is 0.941. The van der Waals surface area contributed by atoms with Gasteiger partial charge in [0.2, 0.25) is 11.7 Å². The lowest BCUT2D eigenvalue weighted by atomic mass is 9.79. The molecule has 0 amide bonds. The number of nitrogens with zero attached hydrogens (tertiary/aromatic N) is 2. The second-order valence-corrected chi connectivity index (χ2v) is 6.45. The zero-order chi connectivity index (χ0) is 13.6. The third-order valence-electron chi connectivity index (χ3n) is 4.44. The van der Waals surface area contributed by atoms with Gasteiger partial charge in [0, 0.05) is 18.5 Å². The Labute approximate surface area is 121 Å². The molecule has 106 valence electrons. The number of nitrogens with one attached hydrogen (secondary N) is 1. The van der Waals surface area contributed by atoms with Gasteiger partial charge in [0.25, 0.3) is 0 Å². The highest BCUT2D eigenvalue weighted by Gasteiger charge is 2.44. The molecular weight excluding hydrogens is 274 g/mol. The lowest BCUT2D eigenvalue weighted by molar-refractivity contribution is -0.0858. The van der Waals surface area contributed by atoms with Crippen LogP contribution in [-0.2, 0) is 16.8 Å². The van der Waals surface area contributed by atoms with E-state index in [0.29, 0.717) is 11.7 Å². The molecule has 1 fully saturated rings. The maximum Gasteiger partial charge on any atom is 0.248 e. The molecule has 0 aromatic carbocycles. The van der Waals surface area contributed by atoms with E-state index in [9.17, 15) is 0 Å². The van der Waals surface area contributed by atoms with Gasteiger partial charge < -0.3 is 14.6 Å². The van der Waals surface area contributed by atoms with Gasteiger partial charge in [-0.2, -0.15) is 4.98 Å². The van der Waals surface area contributed by atoms with Crippen molar-refractivity contribution in [1.29, 1.82) is 0 Å². The molecule has 1 aliphatic heterocycles. The van der Waals surface area contributed by atoms with Gasteiger partial charge in [0.1, 0.15) is 11.6 Å². The fraction of sp³-hybridized carbons (Fsp3) is 0.571. The van der Waals surface area contributed by atoms with Crippen molar-refractivity contribution in [1.82, 2.24) is 15.5 Å². The molecule has 1 atom stereocenters. The highest BCUT2D eigenvalue weighted by molar-refractivity contribution is 7.10. The lowest BCUT2D eigenvalue weighted by Crippen LogP contribution is -2.37. The van der Waals surface area contributed by atoms with Crippen molar-refractivity contribution in [3.63, 3.8) is 0 Å². The molecule has 20 heavy (non-hydrogen) atoms. The Kier molecular flexibility index (Phi) is 2.90. The van der Waals surface area contributed by atoms with Crippen molar-refractivity contribution in [3.05, 3.63) is 33.6 Å². The van der Waals surface area contributed by atoms with E-state index in [2.05, 4.69) is 26.9 Å². The van der Waals surface area contributed by atoms with Gasteiger partial charge in [-0.3, -0.25) is 0 Å². The van der Waals surface area contributed by atoms with Gasteiger partial charge in [-0.1, -0.05) is 5.16 Å². The molecule has 5 nitrogen and oxygen atoms in total. The summed E-state index contributed by atoms with van der Waals surface area (Å²) in [5.41, 5.74) is 0.963. The van der Waals surface area contributed by atoms with Crippen molar-refractivity contribution >= 4 is 11.3 Å². The van der Waals surface area contributed by atoms with E-state index in [1.165, 1.54) is 10.4 Å². The minimum absolute atomic E-state index is 0.0280. The molecule has 4 rings (SSSR count). The summed E-state index contributed by atoms with van der Waals surface area (Å²) in [4.78, 5) is 6.03. The SMILES string of the molecule is COC1(c2noc(C3NCCc4sccc43)n2)CCC1. The number of fused-ring (bicyclic) bond motifs is 1. The van der Waals surface area contributed by atoms with Crippen LogP contribution < -0.4 is 5.32 Å². The molecule has 3 heterocycles. The summed E-state index contributed by atoms with van der Waals surface area (Å²) >= 11 is 1.80. The summed E-state index contributed by atoms with van der Waals surface area (Å²) in [6, 6.07) is 2.18. The van der Waals surface area contributed by atoms with Crippen LogP contribution in [0.15, 0.2) is 16.0 Å². The van der Waals surface area contributed by atoms with Crippen LogP contribution in [0.3, 0.4) is 0 Å². The van der Waals surface area contributed by atoms with Crippen LogP contribution in [0.1, 0.15) is 47.5 Å². The molecule has 0 bridgehead atoms. The molecule has 1 unspecified atom stereocenters. The number of methoxy groups -OCH3 is 1. The third kappa shape index (κ3) is 1.75. The molecule has 1 N–H and O–H groups in total. The zero-order valence-electron chi connectivity index (χ0n) is 11.4. The standard InChI is InChI=1S/C14H17N3O2S/c1-18-14(5-2-6-14)13-16-12(19-17-13)11-9-4-8-20-10(9)3-7-15-11/h4,8,11,15H,2-3,5-7H2,1H3. The summed E-state index contributed by atoms with van der Waals surface area (Å²) in [7, 11) is 1.73. The Morgan fingerprint density at radius 1 is 1.50 bits per heavy atom. The zero-order valence-corrected chi connectivity index (χ0v) is 12.2. The fourth-order valence-electron chi connectivity index (χ4n) is 3.03. The van der Waals surface area contributed by atoms with E-state index in [1.807, 2.05) is 0 Å². The average Bonchev–Trinajstić information content (AvgIpc) is 3.06. The van der Waals surface area contributed by atoms with Crippen LogP contribution in [0.4, 0.5) is 0 Å². The fourth-order valence-corrected chi connectivity index (χ4v) is 3.95. The summed E-state index contributed by atoms with van der Waals surface area (Å²) in [5.74, 6) is 1.35. The van der Waals surface area contributed by atoms with E-state index in [4.69, 9.17) is 9.26 Å². The Morgan fingerprint density at radius 3 is 3.15 bits per heavy atom. The van der Waals surface area contributed by atoms with Crippen molar-refractivity contribution in [2.24, 2.45) is 0 Å². The smallest absolute Gasteiger partial charge is 0.248 e. The first kappa shape index (κ1) is 12.5. The number of hydrogen-bond donors (Lipinski definition) is 1. The van der Waals surface area contributed by atoms with Gasteiger partial charge in [-0.25, -0.2) is 0 Å². The normalized spacial score (nSPS) is 24.1. The van der Waals surface area contributed by atoms with Crippen molar-refractivity contribution < 1.29 is 9.26 Å². The number of aromatic nitrogens is 2. The summed E-state index contributed by atoms with van der Waals surface area (Å²) in [6.45, 7) is 0.950. The number of ether oxygens (including phenoxy) is 1. The van der Waals surface area contributed by atoms with Crippen LogP contribution >= 0.6 is 11.3 Å². The second-order valence-electron chi connectivity index (χ2n) is 5.44. The second kappa shape index (κ2) is 4.65. The highest BCUT2D eigenvalue weighted by atomic mass is 32.1. The van der Waals surface area contributed by atoms with E-state index in [0.717, 1.165) is 32.2 Å². The van der Waals surface area contributed by atoms with Crippen molar-refractivity contribution in [2.45, 2.75) is 37.3 Å². The van der Waals surface area contributed by atoms with E-state index >= 15 is 0 Å². The molecule has 6 heteroatoms. The summed E-state index contributed by atoms with van der Waals surface area (Å²) < 4.78 is 11.1. The minimum Gasteiger partial charge on any atom is -0.370 e. The first-order valence-corrected chi connectivity index (χ1v) is 7.89. The summed E-state index contributed by atoms with van der Waals surface area (Å²) in [6.07, 6.45) is 4.19. The third-order valence-corrected chi connectivity index (χ3v) is 5.44. The van der Waals surface area contributed by atoms with Gasteiger partial charge in [0.15, 0.2) is 0 Å². The number of thiophene rings is 1. The largest absolute Gasteiger partial charge is 0.370 e.